The highest BCUT2D eigenvalue weighted by atomic mass is 32.1. The number of aryl methyl sites for hydroxylation is 2. The van der Waals surface area contributed by atoms with Gasteiger partial charge in [-0.1, -0.05) is 18.2 Å². The van der Waals surface area contributed by atoms with Gasteiger partial charge in [0.25, 0.3) is 0 Å². The Morgan fingerprint density at radius 3 is 2.84 bits per heavy atom. The maximum atomic E-state index is 13.6. The molecule has 19 heavy (non-hydrogen) atoms. The van der Waals surface area contributed by atoms with Crippen molar-refractivity contribution in [2.75, 3.05) is 0 Å². The molecule has 98 valence electrons. The van der Waals surface area contributed by atoms with Crippen LogP contribution in [-0.2, 0) is 19.4 Å². The van der Waals surface area contributed by atoms with Crippen molar-refractivity contribution in [3.05, 3.63) is 52.5 Å². The van der Waals surface area contributed by atoms with Gasteiger partial charge in [-0.2, -0.15) is 0 Å². The molecule has 4 nitrogen and oxygen atoms in total. The van der Waals surface area contributed by atoms with Gasteiger partial charge in [0.2, 0.25) is 4.96 Å². The third-order valence-corrected chi connectivity index (χ3v) is 3.94. The predicted molar refractivity (Wildman–Crippen MR) is 72.6 cm³/mol. The average molecular weight is 276 g/mol. The second-order valence-corrected chi connectivity index (χ2v) is 5.09. The van der Waals surface area contributed by atoms with Gasteiger partial charge in [0.15, 0.2) is 0 Å². The molecule has 0 aliphatic rings. The third kappa shape index (κ3) is 2.24. The Bertz CT molecular complexity index is 704. The molecule has 1 aromatic carbocycles. The highest BCUT2D eigenvalue weighted by Gasteiger charge is 2.11. The van der Waals surface area contributed by atoms with Gasteiger partial charge in [0.1, 0.15) is 11.6 Å². The SMILES string of the molecule is NCc1csc2nnc(CCc3ccccc3F)n12. The third-order valence-electron chi connectivity index (χ3n) is 3.07. The number of halogens is 1. The second kappa shape index (κ2) is 5.07. The number of hydrogen-bond donors (Lipinski definition) is 1. The van der Waals surface area contributed by atoms with Crippen molar-refractivity contribution in [3.8, 4) is 0 Å². The van der Waals surface area contributed by atoms with Crippen LogP contribution in [0.3, 0.4) is 0 Å². The van der Waals surface area contributed by atoms with E-state index in [0.717, 1.165) is 16.5 Å². The molecule has 2 N–H and O–H groups in total. The summed E-state index contributed by atoms with van der Waals surface area (Å²) in [6.07, 6.45) is 1.25. The molecular formula is C13H13FN4S. The van der Waals surface area contributed by atoms with Gasteiger partial charge in [-0.3, -0.25) is 4.40 Å². The smallest absolute Gasteiger partial charge is 0.216 e. The molecule has 0 amide bonds. The van der Waals surface area contributed by atoms with Crippen molar-refractivity contribution in [1.29, 1.82) is 0 Å². The number of nitrogens with two attached hydrogens (primary N) is 1. The van der Waals surface area contributed by atoms with E-state index >= 15 is 0 Å². The summed E-state index contributed by atoms with van der Waals surface area (Å²) in [4.78, 5) is 0.837. The van der Waals surface area contributed by atoms with Crippen LogP contribution in [0.25, 0.3) is 4.96 Å². The Morgan fingerprint density at radius 1 is 1.21 bits per heavy atom. The van der Waals surface area contributed by atoms with Gasteiger partial charge >= 0.3 is 0 Å². The number of aromatic nitrogens is 3. The average Bonchev–Trinajstić information content (AvgIpc) is 2.99. The number of hydrogen-bond acceptors (Lipinski definition) is 4. The molecule has 0 spiro atoms. The minimum absolute atomic E-state index is 0.173. The van der Waals surface area contributed by atoms with E-state index < -0.39 is 0 Å². The first kappa shape index (κ1) is 12.3. The summed E-state index contributed by atoms with van der Waals surface area (Å²) in [6.45, 7) is 0.449. The number of rotatable bonds is 4. The fourth-order valence-electron chi connectivity index (χ4n) is 2.09. The lowest BCUT2D eigenvalue weighted by Gasteiger charge is -2.02. The summed E-state index contributed by atoms with van der Waals surface area (Å²) in [5.41, 5.74) is 7.38. The van der Waals surface area contributed by atoms with Gasteiger partial charge in [-0.15, -0.1) is 21.5 Å². The van der Waals surface area contributed by atoms with Crippen molar-refractivity contribution in [2.24, 2.45) is 5.73 Å². The van der Waals surface area contributed by atoms with E-state index in [0.29, 0.717) is 24.9 Å². The number of fused-ring (bicyclic) bond motifs is 1. The highest BCUT2D eigenvalue weighted by molar-refractivity contribution is 7.15. The first-order chi connectivity index (χ1) is 9.29. The van der Waals surface area contributed by atoms with Crippen molar-refractivity contribution < 1.29 is 4.39 Å². The van der Waals surface area contributed by atoms with Gasteiger partial charge in [0.05, 0.1) is 5.69 Å². The molecule has 0 saturated carbocycles. The summed E-state index contributed by atoms with van der Waals surface area (Å²) in [7, 11) is 0. The van der Waals surface area contributed by atoms with Gasteiger partial charge in [0, 0.05) is 18.3 Å². The molecular weight excluding hydrogens is 263 g/mol. The lowest BCUT2D eigenvalue weighted by molar-refractivity contribution is 0.606. The van der Waals surface area contributed by atoms with E-state index in [4.69, 9.17) is 5.73 Å². The zero-order chi connectivity index (χ0) is 13.2. The Labute approximate surface area is 113 Å². The van der Waals surface area contributed by atoms with Crippen LogP contribution in [0.2, 0.25) is 0 Å². The normalized spacial score (nSPS) is 11.3. The standard InChI is InChI=1S/C13H13FN4S/c14-11-4-2-1-3-9(11)5-6-12-16-17-13-18(12)10(7-15)8-19-13/h1-4,8H,5-7,15H2. The van der Waals surface area contributed by atoms with Gasteiger partial charge < -0.3 is 5.73 Å². The molecule has 6 heteroatoms. The van der Waals surface area contributed by atoms with Crippen molar-refractivity contribution >= 4 is 16.3 Å². The second-order valence-electron chi connectivity index (χ2n) is 4.26. The van der Waals surface area contributed by atoms with Crippen molar-refractivity contribution in [1.82, 2.24) is 14.6 Å². The minimum Gasteiger partial charge on any atom is -0.325 e. The first-order valence-corrected chi connectivity index (χ1v) is 6.91. The Morgan fingerprint density at radius 2 is 2.05 bits per heavy atom. The van der Waals surface area contributed by atoms with Crippen LogP contribution >= 0.6 is 11.3 Å². The van der Waals surface area contributed by atoms with Crippen LogP contribution in [0.4, 0.5) is 4.39 Å². The molecule has 2 heterocycles. The lowest BCUT2D eigenvalue weighted by atomic mass is 10.1. The van der Waals surface area contributed by atoms with E-state index in [-0.39, 0.29) is 5.82 Å². The number of benzene rings is 1. The highest BCUT2D eigenvalue weighted by Crippen LogP contribution is 2.17. The van der Waals surface area contributed by atoms with E-state index in [1.54, 1.807) is 12.1 Å². The van der Waals surface area contributed by atoms with Crippen LogP contribution in [0.15, 0.2) is 29.6 Å². The van der Waals surface area contributed by atoms with Gasteiger partial charge in [-0.25, -0.2) is 4.39 Å². The number of nitrogens with zero attached hydrogens (tertiary/aromatic N) is 3. The Kier molecular flexibility index (Phi) is 3.27. The predicted octanol–water partition coefficient (Wildman–Crippen LogP) is 2.17. The minimum atomic E-state index is -0.173. The summed E-state index contributed by atoms with van der Waals surface area (Å²) in [5.74, 6) is 0.660. The molecule has 0 saturated heterocycles. The Balaban J connectivity index is 1.86. The van der Waals surface area contributed by atoms with Crippen molar-refractivity contribution in [3.63, 3.8) is 0 Å². The molecule has 3 rings (SSSR count). The van der Waals surface area contributed by atoms with Crippen LogP contribution < -0.4 is 5.73 Å². The zero-order valence-electron chi connectivity index (χ0n) is 10.2. The maximum Gasteiger partial charge on any atom is 0.216 e. The molecule has 3 aromatic rings. The lowest BCUT2D eigenvalue weighted by Crippen LogP contribution is -2.05. The topological polar surface area (TPSA) is 56.2 Å². The van der Waals surface area contributed by atoms with Crippen LogP contribution in [0.1, 0.15) is 17.1 Å². The largest absolute Gasteiger partial charge is 0.325 e. The summed E-state index contributed by atoms with van der Waals surface area (Å²) >= 11 is 1.52. The summed E-state index contributed by atoms with van der Waals surface area (Å²) < 4.78 is 15.5. The monoisotopic (exact) mass is 276 g/mol. The first-order valence-electron chi connectivity index (χ1n) is 6.03. The quantitative estimate of drug-likeness (QED) is 0.794. The Hall–Kier alpha value is -1.79. The summed E-state index contributed by atoms with van der Waals surface area (Å²) in [5, 5.41) is 10.2. The van der Waals surface area contributed by atoms with E-state index in [1.807, 2.05) is 15.8 Å². The summed E-state index contributed by atoms with van der Waals surface area (Å²) in [6, 6.07) is 6.81. The fourth-order valence-corrected chi connectivity index (χ4v) is 2.95. The number of thiazole rings is 1. The molecule has 2 aromatic heterocycles. The zero-order valence-corrected chi connectivity index (χ0v) is 11.0. The molecule has 0 unspecified atom stereocenters. The van der Waals surface area contributed by atoms with Gasteiger partial charge in [-0.05, 0) is 18.1 Å². The van der Waals surface area contributed by atoms with Crippen LogP contribution in [-0.4, -0.2) is 14.6 Å². The fraction of sp³-hybridized carbons (Fsp3) is 0.231. The molecule has 0 bridgehead atoms. The maximum absolute atomic E-state index is 13.6. The molecule has 0 fully saturated rings. The molecule has 0 aliphatic heterocycles. The van der Waals surface area contributed by atoms with E-state index in [9.17, 15) is 4.39 Å². The van der Waals surface area contributed by atoms with Crippen LogP contribution in [0, 0.1) is 5.82 Å². The van der Waals surface area contributed by atoms with E-state index in [2.05, 4.69) is 10.2 Å². The molecule has 0 aliphatic carbocycles. The van der Waals surface area contributed by atoms with Crippen LogP contribution in [0.5, 0.6) is 0 Å². The molecule has 0 atom stereocenters. The van der Waals surface area contributed by atoms with Crippen molar-refractivity contribution in [2.45, 2.75) is 19.4 Å². The van der Waals surface area contributed by atoms with E-state index in [1.165, 1.54) is 17.4 Å². The molecule has 0 radical (unpaired) electrons.